The molecule has 1 aromatic heterocycles. The second kappa shape index (κ2) is 5.78. The van der Waals surface area contributed by atoms with Gasteiger partial charge in [0.1, 0.15) is 11.6 Å². The van der Waals surface area contributed by atoms with E-state index < -0.39 is 0 Å². The monoisotopic (exact) mass is 247 g/mol. The molecule has 2 aromatic rings. The number of aromatic amines is 1. The average molecular weight is 247 g/mol. The van der Waals surface area contributed by atoms with E-state index in [-0.39, 0.29) is 5.82 Å². The third-order valence-electron chi connectivity index (χ3n) is 2.64. The minimum Gasteiger partial charge on any atom is -0.341 e. The summed E-state index contributed by atoms with van der Waals surface area (Å²) < 4.78 is 13.6. The SMILES string of the molecule is CC(C)CNCc1ncc(-c2ccccc2F)[nH]1. The summed E-state index contributed by atoms with van der Waals surface area (Å²) in [7, 11) is 0. The molecule has 0 radical (unpaired) electrons. The lowest BCUT2D eigenvalue weighted by molar-refractivity contribution is 0.544. The van der Waals surface area contributed by atoms with Crippen LogP contribution in [0.4, 0.5) is 4.39 Å². The molecule has 0 spiro atoms. The quantitative estimate of drug-likeness (QED) is 0.852. The molecule has 0 unspecified atom stereocenters. The Balaban J connectivity index is 2.04. The molecular formula is C14H18FN3. The summed E-state index contributed by atoms with van der Waals surface area (Å²) in [5, 5.41) is 3.29. The van der Waals surface area contributed by atoms with Gasteiger partial charge in [-0.3, -0.25) is 0 Å². The first kappa shape index (κ1) is 12.8. The lowest BCUT2D eigenvalue weighted by Crippen LogP contribution is -2.19. The highest BCUT2D eigenvalue weighted by atomic mass is 19.1. The van der Waals surface area contributed by atoms with Crippen molar-refractivity contribution in [2.24, 2.45) is 5.92 Å². The van der Waals surface area contributed by atoms with Gasteiger partial charge in [0, 0.05) is 5.56 Å². The fraction of sp³-hybridized carbons (Fsp3) is 0.357. The third kappa shape index (κ3) is 3.17. The summed E-state index contributed by atoms with van der Waals surface area (Å²) >= 11 is 0. The molecule has 0 atom stereocenters. The maximum atomic E-state index is 13.6. The predicted molar refractivity (Wildman–Crippen MR) is 70.5 cm³/mol. The second-order valence-corrected chi connectivity index (χ2v) is 4.75. The van der Waals surface area contributed by atoms with Crippen molar-refractivity contribution in [3.05, 3.63) is 42.1 Å². The van der Waals surface area contributed by atoms with E-state index in [9.17, 15) is 4.39 Å². The Morgan fingerprint density at radius 1 is 1.33 bits per heavy atom. The zero-order valence-electron chi connectivity index (χ0n) is 10.7. The van der Waals surface area contributed by atoms with E-state index in [2.05, 4.69) is 29.1 Å². The standard InChI is InChI=1S/C14H18FN3/c1-10(2)7-16-9-14-17-8-13(18-14)11-5-3-4-6-12(11)15/h3-6,8,10,16H,7,9H2,1-2H3,(H,17,18). The third-order valence-corrected chi connectivity index (χ3v) is 2.64. The van der Waals surface area contributed by atoms with E-state index >= 15 is 0 Å². The Morgan fingerprint density at radius 2 is 2.11 bits per heavy atom. The molecule has 0 saturated heterocycles. The van der Waals surface area contributed by atoms with Crippen LogP contribution in [-0.4, -0.2) is 16.5 Å². The number of nitrogens with one attached hydrogen (secondary N) is 2. The van der Waals surface area contributed by atoms with Crippen LogP contribution in [0.5, 0.6) is 0 Å². The number of halogens is 1. The van der Waals surface area contributed by atoms with Crippen molar-refractivity contribution in [3.8, 4) is 11.3 Å². The van der Waals surface area contributed by atoms with Gasteiger partial charge in [-0.1, -0.05) is 26.0 Å². The summed E-state index contributed by atoms with van der Waals surface area (Å²) in [4.78, 5) is 7.38. The lowest BCUT2D eigenvalue weighted by Gasteiger charge is -2.05. The van der Waals surface area contributed by atoms with Crippen LogP contribution >= 0.6 is 0 Å². The van der Waals surface area contributed by atoms with E-state index in [1.54, 1.807) is 18.3 Å². The smallest absolute Gasteiger partial charge is 0.132 e. The molecule has 3 nitrogen and oxygen atoms in total. The van der Waals surface area contributed by atoms with Gasteiger partial charge in [-0.15, -0.1) is 0 Å². The molecule has 0 aliphatic heterocycles. The second-order valence-electron chi connectivity index (χ2n) is 4.75. The van der Waals surface area contributed by atoms with E-state index in [1.165, 1.54) is 6.07 Å². The van der Waals surface area contributed by atoms with Gasteiger partial charge in [0.2, 0.25) is 0 Å². The number of hydrogen-bond donors (Lipinski definition) is 2. The molecule has 2 rings (SSSR count). The zero-order valence-corrected chi connectivity index (χ0v) is 10.7. The maximum Gasteiger partial charge on any atom is 0.132 e. The first-order chi connectivity index (χ1) is 8.66. The predicted octanol–water partition coefficient (Wildman–Crippen LogP) is 2.96. The van der Waals surface area contributed by atoms with Gasteiger partial charge in [-0.2, -0.15) is 0 Å². The lowest BCUT2D eigenvalue weighted by atomic mass is 10.1. The minimum absolute atomic E-state index is 0.233. The number of aromatic nitrogens is 2. The highest BCUT2D eigenvalue weighted by Gasteiger charge is 2.07. The van der Waals surface area contributed by atoms with Crippen LogP contribution in [0.1, 0.15) is 19.7 Å². The normalized spacial score (nSPS) is 11.1. The Labute approximate surface area is 106 Å². The van der Waals surface area contributed by atoms with Crippen molar-refractivity contribution < 1.29 is 4.39 Å². The molecule has 1 heterocycles. The molecule has 96 valence electrons. The minimum atomic E-state index is -0.233. The molecule has 0 saturated carbocycles. The number of imidazole rings is 1. The Morgan fingerprint density at radius 3 is 2.83 bits per heavy atom. The molecule has 0 bridgehead atoms. The van der Waals surface area contributed by atoms with E-state index in [4.69, 9.17) is 0 Å². The van der Waals surface area contributed by atoms with Gasteiger partial charge in [-0.25, -0.2) is 9.37 Å². The number of H-pyrrole nitrogens is 1. The molecule has 0 fully saturated rings. The van der Waals surface area contributed by atoms with Crippen molar-refractivity contribution >= 4 is 0 Å². The number of hydrogen-bond acceptors (Lipinski definition) is 2. The fourth-order valence-corrected chi connectivity index (χ4v) is 1.75. The first-order valence-electron chi connectivity index (χ1n) is 6.16. The van der Waals surface area contributed by atoms with Crippen LogP contribution in [0.15, 0.2) is 30.5 Å². The first-order valence-corrected chi connectivity index (χ1v) is 6.16. The summed E-state index contributed by atoms with van der Waals surface area (Å²) in [6, 6.07) is 6.69. The van der Waals surface area contributed by atoms with Gasteiger partial charge in [-0.05, 0) is 24.6 Å². The van der Waals surface area contributed by atoms with Crippen molar-refractivity contribution in [1.82, 2.24) is 15.3 Å². The Bertz CT molecular complexity index is 505. The molecule has 0 aliphatic carbocycles. The molecule has 0 aliphatic rings. The van der Waals surface area contributed by atoms with Gasteiger partial charge in [0.15, 0.2) is 0 Å². The molecular weight excluding hydrogens is 229 g/mol. The number of benzene rings is 1. The molecule has 0 amide bonds. The highest BCUT2D eigenvalue weighted by Crippen LogP contribution is 2.20. The summed E-state index contributed by atoms with van der Waals surface area (Å²) in [5.74, 6) is 1.20. The van der Waals surface area contributed by atoms with Gasteiger partial charge < -0.3 is 10.3 Å². The van der Waals surface area contributed by atoms with Crippen molar-refractivity contribution in [3.63, 3.8) is 0 Å². The Hall–Kier alpha value is -1.68. The van der Waals surface area contributed by atoms with Crippen LogP contribution in [0.3, 0.4) is 0 Å². The fourth-order valence-electron chi connectivity index (χ4n) is 1.75. The molecule has 4 heteroatoms. The van der Waals surface area contributed by atoms with E-state index in [1.807, 2.05) is 6.07 Å². The van der Waals surface area contributed by atoms with Crippen LogP contribution in [0.25, 0.3) is 11.3 Å². The van der Waals surface area contributed by atoms with E-state index in [0.717, 1.165) is 18.1 Å². The van der Waals surface area contributed by atoms with Crippen molar-refractivity contribution in [1.29, 1.82) is 0 Å². The molecule has 18 heavy (non-hydrogen) atoms. The Kier molecular flexibility index (Phi) is 4.10. The highest BCUT2D eigenvalue weighted by molar-refractivity contribution is 5.59. The molecule has 2 N–H and O–H groups in total. The zero-order chi connectivity index (χ0) is 13.0. The van der Waals surface area contributed by atoms with Crippen LogP contribution in [0.2, 0.25) is 0 Å². The maximum absolute atomic E-state index is 13.6. The van der Waals surface area contributed by atoms with E-state index in [0.29, 0.717) is 18.0 Å². The van der Waals surface area contributed by atoms with Crippen LogP contribution < -0.4 is 5.32 Å². The summed E-state index contributed by atoms with van der Waals surface area (Å²) in [5.41, 5.74) is 1.27. The number of rotatable bonds is 5. The summed E-state index contributed by atoms with van der Waals surface area (Å²) in [6.45, 7) is 5.92. The van der Waals surface area contributed by atoms with Gasteiger partial charge in [0.05, 0.1) is 18.4 Å². The number of nitrogens with zero attached hydrogens (tertiary/aromatic N) is 1. The average Bonchev–Trinajstić information content (AvgIpc) is 2.78. The topological polar surface area (TPSA) is 40.7 Å². The van der Waals surface area contributed by atoms with Gasteiger partial charge >= 0.3 is 0 Å². The largest absolute Gasteiger partial charge is 0.341 e. The summed E-state index contributed by atoms with van der Waals surface area (Å²) in [6.07, 6.45) is 1.67. The van der Waals surface area contributed by atoms with Crippen LogP contribution in [0, 0.1) is 11.7 Å². The van der Waals surface area contributed by atoms with Crippen molar-refractivity contribution in [2.45, 2.75) is 20.4 Å². The van der Waals surface area contributed by atoms with Crippen molar-refractivity contribution in [2.75, 3.05) is 6.54 Å². The molecule has 1 aromatic carbocycles. The van der Waals surface area contributed by atoms with Gasteiger partial charge in [0.25, 0.3) is 0 Å². The van der Waals surface area contributed by atoms with Crippen LogP contribution in [-0.2, 0) is 6.54 Å².